The summed E-state index contributed by atoms with van der Waals surface area (Å²) in [7, 11) is 4.34. The van der Waals surface area contributed by atoms with Gasteiger partial charge in [0.2, 0.25) is 5.96 Å². The molecule has 2 aliphatic heterocycles. The summed E-state index contributed by atoms with van der Waals surface area (Å²) in [4.78, 5) is 22.3. The summed E-state index contributed by atoms with van der Waals surface area (Å²) in [6, 6.07) is 11.3. The second-order valence-corrected chi connectivity index (χ2v) is 11.3. The smallest absolute Gasteiger partial charge is 0.224 e. The zero-order valence-corrected chi connectivity index (χ0v) is 23.6. The molecule has 5 heterocycles. The first kappa shape index (κ1) is 25.0. The molecule has 204 valence electrons. The number of halogens is 1. The second-order valence-electron chi connectivity index (χ2n) is 10.9. The van der Waals surface area contributed by atoms with Gasteiger partial charge in [-0.3, -0.25) is 4.40 Å². The Bertz CT molecular complexity index is 1790. The summed E-state index contributed by atoms with van der Waals surface area (Å²) in [6.45, 7) is 4.59. The van der Waals surface area contributed by atoms with Crippen LogP contribution in [-0.2, 0) is 13.0 Å². The van der Waals surface area contributed by atoms with Crippen LogP contribution >= 0.6 is 11.6 Å². The number of aryl methyl sites for hydroxylation is 1. The number of nitrogens with zero attached hydrogens (tertiary/aromatic N) is 8. The number of aromatic amines is 1. The van der Waals surface area contributed by atoms with Gasteiger partial charge in [0.05, 0.1) is 12.2 Å². The molecule has 4 aromatic rings. The van der Waals surface area contributed by atoms with Crippen LogP contribution in [0.1, 0.15) is 35.6 Å². The van der Waals surface area contributed by atoms with E-state index in [1.54, 1.807) is 6.33 Å². The SMILES string of the molecule is Cc1nc2c([nH]1)CC(=c1cc3c(n4cnnc14)=NC(Nc1ccc(N4CCC(N(C)C)CC4)cc1)=NC3)C(Cl)=C2. The number of hydrogen-bond acceptors (Lipinski definition) is 8. The third kappa shape index (κ3) is 4.47. The molecule has 0 unspecified atom stereocenters. The highest BCUT2D eigenvalue weighted by Crippen LogP contribution is 2.30. The van der Waals surface area contributed by atoms with Crippen molar-refractivity contribution in [3.8, 4) is 0 Å². The van der Waals surface area contributed by atoms with E-state index in [2.05, 4.69) is 79.7 Å². The molecule has 1 aliphatic carbocycles. The van der Waals surface area contributed by atoms with Gasteiger partial charge in [-0.2, -0.15) is 4.99 Å². The maximum atomic E-state index is 6.74. The zero-order valence-electron chi connectivity index (χ0n) is 22.8. The Morgan fingerprint density at radius 3 is 2.70 bits per heavy atom. The van der Waals surface area contributed by atoms with Crippen molar-refractivity contribution >= 4 is 46.2 Å². The van der Waals surface area contributed by atoms with Crippen LogP contribution in [0.5, 0.6) is 0 Å². The molecule has 1 saturated heterocycles. The van der Waals surface area contributed by atoms with Gasteiger partial charge >= 0.3 is 0 Å². The van der Waals surface area contributed by atoms with E-state index < -0.39 is 0 Å². The lowest BCUT2D eigenvalue weighted by atomic mass is 9.99. The first-order valence-corrected chi connectivity index (χ1v) is 14.0. The fourth-order valence-corrected chi connectivity index (χ4v) is 6.16. The lowest BCUT2D eigenvalue weighted by Crippen LogP contribution is -2.41. The predicted octanol–water partition coefficient (Wildman–Crippen LogP) is 2.88. The molecule has 0 radical (unpaired) electrons. The van der Waals surface area contributed by atoms with Crippen molar-refractivity contribution in [1.29, 1.82) is 0 Å². The van der Waals surface area contributed by atoms with E-state index >= 15 is 0 Å². The minimum Gasteiger partial charge on any atom is -0.371 e. The Morgan fingerprint density at radius 2 is 1.93 bits per heavy atom. The lowest BCUT2D eigenvalue weighted by Gasteiger charge is -2.36. The molecule has 0 saturated carbocycles. The molecule has 11 heteroatoms. The van der Waals surface area contributed by atoms with Gasteiger partial charge < -0.3 is 20.1 Å². The number of H-pyrrole nitrogens is 1. The van der Waals surface area contributed by atoms with Crippen molar-refractivity contribution < 1.29 is 0 Å². The van der Waals surface area contributed by atoms with Crippen molar-refractivity contribution in [3.05, 3.63) is 75.2 Å². The van der Waals surface area contributed by atoms with Crippen LogP contribution in [0.25, 0.3) is 17.3 Å². The van der Waals surface area contributed by atoms with E-state index in [-0.39, 0.29) is 0 Å². The Morgan fingerprint density at radius 1 is 1.12 bits per heavy atom. The summed E-state index contributed by atoms with van der Waals surface area (Å²) in [5.74, 6) is 1.44. The van der Waals surface area contributed by atoms with Crippen LogP contribution in [0.3, 0.4) is 0 Å². The van der Waals surface area contributed by atoms with Crippen LogP contribution in [0.2, 0.25) is 0 Å². The first-order valence-electron chi connectivity index (χ1n) is 13.6. The molecule has 0 bridgehead atoms. The van der Waals surface area contributed by atoms with Gasteiger partial charge in [-0.05, 0) is 75.8 Å². The summed E-state index contributed by atoms with van der Waals surface area (Å²) < 4.78 is 1.92. The van der Waals surface area contributed by atoms with Gasteiger partial charge in [-0.25, -0.2) is 9.98 Å². The Kier molecular flexibility index (Phi) is 6.16. The summed E-state index contributed by atoms with van der Waals surface area (Å²) in [5.41, 5.74) is 7.60. The zero-order chi connectivity index (χ0) is 27.4. The normalized spacial score (nSPS) is 18.8. The molecule has 10 nitrogen and oxygen atoms in total. The van der Waals surface area contributed by atoms with Crippen LogP contribution in [0.4, 0.5) is 11.4 Å². The van der Waals surface area contributed by atoms with E-state index in [1.807, 2.05) is 17.4 Å². The average Bonchev–Trinajstić information content (AvgIpc) is 3.59. The van der Waals surface area contributed by atoms with Gasteiger partial charge in [-0.1, -0.05) is 11.6 Å². The van der Waals surface area contributed by atoms with Gasteiger partial charge in [0.15, 0.2) is 5.65 Å². The number of allylic oxidation sites excluding steroid dienone is 1. The number of piperidine rings is 1. The molecule has 2 N–H and O–H groups in total. The van der Waals surface area contributed by atoms with E-state index in [4.69, 9.17) is 21.6 Å². The third-order valence-electron chi connectivity index (χ3n) is 8.08. The minimum atomic E-state index is 0.490. The third-order valence-corrected chi connectivity index (χ3v) is 8.41. The molecule has 0 amide bonds. The molecule has 7 rings (SSSR count). The number of hydrogen-bond donors (Lipinski definition) is 2. The fraction of sp³-hybridized carbons (Fsp3) is 0.345. The minimum absolute atomic E-state index is 0.490. The molecule has 1 fully saturated rings. The van der Waals surface area contributed by atoms with Crippen molar-refractivity contribution in [2.45, 2.75) is 38.8 Å². The molecule has 0 spiro atoms. The van der Waals surface area contributed by atoms with E-state index in [9.17, 15) is 0 Å². The number of aromatic nitrogens is 5. The first-order chi connectivity index (χ1) is 19.4. The highest BCUT2D eigenvalue weighted by Gasteiger charge is 2.22. The highest BCUT2D eigenvalue weighted by molar-refractivity contribution is 6.38. The van der Waals surface area contributed by atoms with Crippen LogP contribution in [0, 0.1) is 6.92 Å². The van der Waals surface area contributed by atoms with E-state index in [0.717, 1.165) is 57.8 Å². The highest BCUT2D eigenvalue weighted by atomic mass is 35.5. The van der Waals surface area contributed by atoms with Gasteiger partial charge in [0, 0.05) is 58.4 Å². The number of nitrogens with one attached hydrogen (secondary N) is 2. The van der Waals surface area contributed by atoms with Crippen LogP contribution in [-0.4, -0.2) is 68.7 Å². The maximum Gasteiger partial charge on any atom is 0.224 e. The van der Waals surface area contributed by atoms with Crippen molar-refractivity contribution in [1.82, 2.24) is 29.5 Å². The molecular weight excluding hydrogens is 524 g/mol. The number of anilines is 2. The number of rotatable bonds is 3. The summed E-state index contributed by atoms with van der Waals surface area (Å²) in [5, 5.41) is 13.6. The number of benzene rings is 1. The van der Waals surface area contributed by atoms with Crippen molar-refractivity contribution in [3.63, 3.8) is 0 Å². The summed E-state index contributed by atoms with van der Waals surface area (Å²) in [6.07, 6.45) is 6.63. The molecule has 40 heavy (non-hydrogen) atoms. The van der Waals surface area contributed by atoms with Crippen molar-refractivity contribution in [2.75, 3.05) is 37.4 Å². The van der Waals surface area contributed by atoms with E-state index in [0.29, 0.717) is 35.6 Å². The molecule has 3 aliphatic rings. The number of fused-ring (bicyclic) bond motifs is 4. The number of aliphatic imine (C=N–C) groups is 1. The standard InChI is InChI=1S/C29H31ClN10/c1-17-33-25-13-22(24(30)14-26(25)34-17)23-12-18-15-31-29(36-27(18)40-16-32-37-28(23)40)35-19-4-6-21(7-5-19)39-10-8-20(9-11-39)38(2)3/h4-7,12,14,16,20H,8-11,13,15H2,1-3H3,(H,31,35)(H,33,34). The fourth-order valence-electron chi connectivity index (χ4n) is 5.89. The van der Waals surface area contributed by atoms with Gasteiger partial charge in [0.1, 0.15) is 17.6 Å². The Labute approximate surface area is 236 Å². The lowest BCUT2D eigenvalue weighted by molar-refractivity contribution is 0.249. The monoisotopic (exact) mass is 554 g/mol. The van der Waals surface area contributed by atoms with Crippen LogP contribution < -0.4 is 20.9 Å². The Balaban J connectivity index is 1.16. The molecular formula is C29H31ClN10. The van der Waals surface area contributed by atoms with Gasteiger partial charge in [0.25, 0.3) is 0 Å². The van der Waals surface area contributed by atoms with E-state index in [1.165, 1.54) is 18.5 Å². The molecule has 0 atom stereocenters. The largest absolute Gasteiger partial charge is 0.371 e. The average molecular weight is 555 g/mol. The second kappa shape index (κ2) is 9.87. The molecule has 3 aromatic heterocycles. The number of pyridine rings is 1. The number of imidazole rings is 1. The van der Waals surface area contributed by atoms with Gasteiger partial charge in [-0.15, -0.1) is 10.2 Å². The quantitative estimate of drug-likeness (QED) is 0.404. The topological polar surface area (TPSA) is 102 Å². The summed E-state index contributed by atoms with van der Waals surface area (Å²) >= 11 is 6.74. The maximum absolute atomic E-state index is 6.74. The van der Waals surface area contributed by atoms with Crippen molar-refractivity contribution in [2.24, 2.45) is 9.98 Å². The predicted molar refractivity (Wildman–Crippen MR) is 158 cm³/mol. The number of guanidine groups is 1. The van der Waals surface area contributed by atoms with Crippen LogP contribution in [0.15, 0.2) is 51.7 Å². The Hall–Kier alpha value is -4.02. The molecule has 1 aromatic carbocycles.